The summed E-state index contributed by atoms with van der Waals surface area (Å²) in [7, 11) is -2.22. The molecular formula is C15H23FN2O2S. The van der Waals surface area contributed by atoms with Crippen LogP contribution in [-0.2, 0) is 16.6 Å². The van der Waals surface area contributed by atoms with Gasteiger partial charge in [-0.25, -0.2) is 17.1 Å². The van der Waals surface area contributed by atoms with E-state index in [1.54, 1.807) is 6.07 Å². The minimum absolute atomic E-state index is 0.221. The molecule has 0 amide bonds. The lowest BCUT2D eigenvalue weighted by Gasteiger charge is -2.18. The summed E-state index contributed by atoms with van der Waals surface area (Å²) >= 11 is 0. The topological polar surface area (TPSA) is 49.4 Å². The molecule has 0 atom stereocenters. The molecule has 21 heavy (non-hydrogen) atoms. The quantitative estimate of drug-likeness (QED) is 0.749. The van der Waals surface area contributed by atoms with Gasteiger partial charge in [-0.2, -0.15) is 0 Å². The molecule has 0 saturated heterocycles. The fourth-order valence-corrected chi connectivity index (χ4v) is 3.55. The van der Waals surface area contributed by atoms with Crippen LogP contribution in [0.5, 0.6) is 0 Å². The molecule has 0 bridgehead atoms. The van der Waals surface area contributed by atoms with Gasteiger partial charge in [-0.05, 0) is 49.4 Å². The largest absolute Gasteiger partial charge is 0.313 e. The van der Waals surface area contributed by atoms with Crippen LogP contribution in [0.15, 0.2) is 23.1 Å². The zero-order chi connectivity index (χ0) is 15.5. The normalized spacial score (nSPS) is 15.6. The summed E-state index contributed by atoms with van der Waals surface area (Å²) in [4.78, 5) is -0.221. The maximum Gasteiger partial charge on any atom is 0.245 e. The Balaban J connectivity index is 2.17. The van der Waals surface area contributed by atoms with E-state index in [0.717, 1.165) is 31.4 Å². The minimum atomic E-state index is -3.75. The maximum absolute atomic E-state index is 13.9. The fraction of sp³-hybridized carbons (Fsp3) is 0.600. The molecule has 1 N–H and O–H groups in total. The molecule has 0 heterocycles. The van der Waals surface area contributed by atoms with Crippen LogP contribution in [0, 0.1) is 11.7 Å². The number of hydrogen-bond acceptors (Lipinski definition) is 3. The second-order valence-corrected chi connectivity index (χ2v) is 7.68. The summed E-state index contributed by atoms with van der Waals surface area (Å²) in [6.07, 6.45) is 3.11. The van der Waals surface area contributed by atoms with Crippen LogP contribution < -0.4 is 5.32 Å². The van der Waals surface area contributed by atoms with Crippen molar-refractivity contribution in [3.8, 4) is 0 Å². The van der Waals surface area contributed by atoms with E-state index in [1.807, 2.05) is 0 Å². The Morgan fingerprint density at radius 2 is 2.10 bits per heavy atom. The van der Waals surface area contributed by atoms with Crippen LogP contribution in [0.25, 0.3) is 0 Å². The molecule has 0 radical (unpaired) electrons. The molecule has 4 nitrogen and oxygen atoms in total. The van der Waals surface area contributed by atoms with E-state index in [0.29, 0.717) is 19.0 Å². The lowest BCUT2D eigenvalue weighted by atomic mass is 10.2. The third kappa shape index (κ3) is 4.25. The Kier molecular flexibility index (Phi) is 5.35. The van der Waals surface area contributed by atoms with Crippen molar-refractivity contribution >= 4 is 10.0 Å². The molecule has 1 aromatic carbocycles. The molecule has 1 fully saturated rings. The van der Waals surface area contributed by atoms with Crippen molar-refractivity contribution in [2.24, 2.45) is 5.92 Å². The highest BCUT2D eigenvalue weighted by molar-refractivity contribution is 7.89. The first-order valence-electron chi connectivity index (χ1n) is 7.40. The van der Waals surface area contributed by atoms with Crippen LogP contribution >= 0.6 is 0 Å². The van der Waals surface area contributed by atoms with Crippen LogP contribution in [0.4, 0.5) is 4.39 Å². The average molecular weight is 314 g/mol. The van der Waals surface area contributed by atoms with Gasteiger partial charge in [-0.15, -0.1) is 0 Å². The van der Waals surface area contributed by atoms with Gasteiger partial charge >= 0.3 is 0 Å². The van der Waals surface area contributed by atoms with Gasteiger partial charge in [0.1, 0.15) is 10.7 Å². The number of rotatable bonds is 8. The fourth-order valence-electron chi connectivity index (χ4n) is 2.19. The Bertz CT molecular complexity index is 585. The van der Waals surface area contributed by atoms with Crippen molar-refractivity contribution in [2.75, 3.05) is 20.1 Å². The minimum Gasteiger partial charge on any atom is -0.313 e. The molecule has 2 rings (SSSR count). The van der Waals surface area contributed by atoms with Crippen molar-refractivity contribution in [3.63, 3.8) is 0 Å². The molecule has 118 valence electrons. The SMILES string of the molecule is CCCNCc1ccc(F)c(S(=O)(=O)N(C)CC2CC2)c1. The van der Waals surface area contributed by atoms with Gasteiger partial charge in [0.15, 0.2) is 0 Å². The number of hydrogen-bond donors (Lipinski definition) is 1. The van der Waals surface area contributed by atoms with Crippen LogP contribution in [0.3, 0.4) is 0 Å². The Morgan fingerprint density at radius 1 is 1.38 bits per heavy atom. The standard InChI is InChI=1S/C15H23FN2O2S/c1-3-8-17-10-13-6-7-14(16)15(9-13)21(19,20)18(2)11-12-4-5-12/h6-7,9,12,17H,3-5,8,10-11H2,1-2H3. The summed E-state index contributed by atoms with van der Waals surface area (Å²) in [5.41, 5.74) is 0.781. The maximum atomic E-state index is 13.9. The summed E-state index contributed by atoms with van der Waals surface area (Å²) in [5, 5.41) is 3.19. The zero-order valence-corrected chi connectivity index (χ0v) is 13.4. The lowest BCUT2D eigenvalue weighted by Crippen LogP contribution is -2.29. The van der Waals surface area contributed by atoms with Crippen LogP contribution in [0.2, 0.25) is 0 Å². The summed E-state index contributed by atoms with van der Waals surface area (Å²) in [5.74, 6) is -0.251. The van der Waals surface area contributed by atoms with Crippen molar-refractivity contribution in [2.45, 2.75) is 37.6 Å². The first-order chi connectivity index (χ1) is 9.95. The molecule has 1 aromatic rings. The number of nitrogens with zero attached hydrogens (tertiary/aromatic N) is 1. The third-order valence-corrected chi connectivity index (χ3v) is 5.49. The molecule has 1 aliphatic rings. The van der Waals surface area contributed by atoms with E-state index < -0.39 is 15.8 Å². The molecule has 0 spiro atoms. The summed E-state index contributed by atoms with van der Waals surface area (Å²) in [6, 6.07) is 4.30. The number of nitrogens with one attached hydrogen (secondary N) is 1. The zero-order valence-electron chi connectivity index (χ0n) is 12.6. The highest BCUT2D eigenvalue weighted by Crippen LogP contribution is 2.31. The second-order valence-electron chi connectivity index (χ2n) is 5.67. The lowest BCUT2D eigenvalue weighted by molar-refractivity contribution is 0.447. The predicted octanol–water partition coefficient (Wildman–Crippen LogP) is 2.36. The van der Waals surface area contributed by atoms with E-state index in [1.165, 1.54) is 23.5 Å². The van der Waals surface area contributed by atoms with Crippen LogP contribution in [0.1, 0.15) is 31.7 Å². The van der Waals surface area contributed by atoms with Gasteiger partial charge in [0.25, 0.3) is 0 Å². The van der Waals surface area contributed by atoms with E-state index in [4.69, 9.17) is 0 Å². The monoisotopic (exact) mass is 314 g/mol. The molecule has 1 saturated carbocycles. The molecule has 0 unspecified atom stereocenters. The predicted molar refractivity (Wildman–Crippen MR) is 80.9 cm³/mol. The van der Waals surface area contributed by atoms with Crippen molar-refractivity contribution in [3.05, 3.63) is 29.6 Å². The Hall–Kier alpha value is -0.980. The number of benzene rings is 1. The van der Waals surface area contributed by atoms with Gasteiger partial charge < -0.3 is 5.32 Å². The summed E-state index contributed by atoms with van der Waals surface area (Å²) < 4.78 is 40.1. The van der Waals surface area contributed by atoms with Gasteiger partial charge in [0, 0.05) is 20.1 Å². The van der Waals surface area contributed by atoms with Crippen molar-refractivity contribution < 1.29 is 12.8 Å². The smallest absolute Gasteiger partial charge is 0.245 e. The second kappa shape index (κ2) is 6.85. The van der Waals surface area contributed by atoms with E-state index in [-0.39, 0.29) is 4.90 Å². The van der Waals surface area contributed by atoms with Crippen molar-refractivity contribution in [1.29, 1.82) is 0 Å². The van der Waals surface area contributed by atoms with Crippen molar-refractivity contribution in [1.82, 2.24) is 9.62 Å². The average Bonchev–Trinajstić information content (AvgIpc) is 3.24. The first-order valence-corrected chi connectivity index (χ1v) is 8.84. The molecule has 1 aliphatic carbocycles. The molecular weight excluding hydrogens is 291 g/mol. The highest BCUT2D eigenvalue weighted by Gasteiger charge is 2.30. The molecule has 0 aromatic heterocycles. The number of halogens is 1. The molecule has 6 heteroatoms. The van der Waals surface area contributed by atoms with Crippen LogP contribution in [-0.4, -0.2) is 32.9 Å². The van der Waals surface area contributed by atoms with E-state index in [2.05, 4.69) is 12.2 Å². The summed E-state index contributed by atoms with van der Waals surface area (Å²) in [6.45, 7) is 3.92. The van der Waals surface area contributed by atoms with E-state index >= 15 is 0 Å². The van der Waals surface area contributed by atoms with Gasteiger partial charge in [-0.3, -0.25) is 0 Å². The van der Waals surface area contributed by atoms with E-state index in [9.17, 15) is 12.8 Å². The third-order valence-electron chi connectivity index (χ3n) is 3.65. The Labute approximate surface area is 126 Å². The molecule has 0 aliphatic heterocycles. The van der Waals surface area contributed by atoms with Gasteiger partial charge in [-0.1, -0.05) is 13.0 Å². The van der Waals surface area contributed by atoms with Gasteiger partial charge in [0.05, 0.1) is 0 Å². The Morgan fingerprint density at radius 3 is 2.71 bits per heavy atom. The van der Waals surface area contributed by atoms with Gasteiger partial charge in [0.2, 0.25) is 10.0 Å². The first kappa shape index (κ1) is 16.4. The number of sulfonamides is 1. The highest BCUT2D eigenvalue weighted by atomic mass is 32.2.